The zero-order valence-corrected chi connectivity index (χ0v) is 12.9. The summed E-state index contributed by atoms with van der Waals surface area (Å²) in [6.45, 7) is 2.43. The third-order valence-electron chi connectivity index (χ3n) is 4.19. The van der Waals surface area contributed by atoms with Crippen molar-refractivity contribution in [3.8, 4) is 0 Å². The van der Waals surface area contributed by atoms with Gasteiger partial charge in [0.25, 0.3) is 0 Å². The van der Waals surface area contributed by atoms with Crippen LogP contribution in [0.4, 0.5) is 13.2 Å². The van der Waals surface area contributed by atoms with Gasteiger partial charge in [0.05, 0.1) is 11.7 Å². The van der Waals surface area contributed by atoms with Crippen LogP contribution in [0.5, 0.6) is 0 Å². The summed E-state index contributed by atoms with van der Waals surface area (Å²) in [6.07, 6.45) is -3.17. The first-order chi connectivity index (χ1) is 10.8. The minimum absolute atomic E-state index is 0.0211. The van der Waals surface area contributed by atoms with Crippen molar-refractivity contribution in [2.75, 3.05) is 13.1 Å². The van der Waals surface area contributed by atoms with Gasteiger partial charge < -0.3 is 10.0 Å². The molecule has 0 aromatic heterocycles. The molecule has 23 heavy (non-hydrogen) atoms. The summed E-state index contributed by atoms with van der Waals surface area (Å²) >= 11 is 0. The molecule has 1 saturated heterocycles. The number of alkyl halides is 3. The fourth-order valence-electron chi connectivity index (χ4n) is 2.76. The summed E-state index contributed by atoms with van der Waals surface area (Å²) in [5.74, 6) is -0.538. The maximum atomic E-state index is 13.2. The number of likely N-dealkylation sites (tertiary alicyclic amines) is 1. The lowest BCUT2D eigenvalue weighted by molar-refractivity contribution is -0.128. The molecule has 2 rings (SSSR count). The van der Waals surface area contributed by atoms with Crippen LogP contribution in [0.25, 0.3) is 5.57 Å². The number of piperidine rings is 1. The molecule has 3 nitrogen and oxygen atoms in total. The number of hydrogen-bond donors (Lipinski definition) is 1. The van der Waals surface area contributed by atoms with Crippen LogP contribution in [0.15, 0.2) is 36.4 Å². The maximum Gasteiger partial charge on any atom is 0.417 e. The largest absolute Gasteiger partial charge is 0.417 e. The average molecular weight is 327 g/mol. The normalized spacial score (nSPS) is 18.8. The number of aliphatic hydroxyl groups is 1. The van der Waals surface area contributed by atoms with Crippen molar-refractivity contribution in [2.45, 2.75) is 32.0 Å². The van der Waals surface area contributed by atoms with Crippen LogP contribution in [0.2, 0.25) is 0 Å². The van der Waals surface area contributed by atoms with Gasteiger partial charge >= 0.3 is 6.18 Å². The second kappa shape index (κ2) is 7.17. The van der Waals surface area contributed by atoms with Gasteiger partial charge in [0.1, 0.15) is 0 Å². The quantitative estimate of drug-likeness (QED) is 0.866. The van der Waals surface area contributed by atoms with E-state index < -0.39 is 23.8 Å². The molecule has 1 heterocycles. The number of amides is 1. The molecule has 1 fully saturated rings. The second-order valence-electron chi connectivity index (χ2n) is 5.83. The molecule has 0 aliphatic carbocycles. The Balaban J connectivity index is 2.15. The SMILES string of the molecule is CC(O)C1CCN(C(=O)C=C(c2ccccc2)C(F)(F)F)CC1. The van der Waals surface area contributed by atoms with Gasteiger partial charge in [-0.15, -0.1) is 0 Å². The molecule has 1 aromatic carbocycles. The monoisotopic (exact) mass is 327 g/mol. The lowest BCUT2D eigenvalue weighted by atomic mass is 9.92. The van der Waals surface area contributed by atoms with Gasteiger partial charge in [-0.05, 0) is 31.2 Å². The van der Waals surface area contributed by atoms with Gasteiger partial charge in [-0.3, -0.25) is 4.79 Å². The summed E-state index contributed by atoms with van der Waals surface area (Å²) in [6, 6.07) is 7.32. The second-order valence-corrected chi connectivity index (χ2v) is 5.83. The first-order valence-electron chi connectivity index (χ1n) is 7.60. The van der Waals surface area contributed by atoms with Crippen LogP contribution in [-0.2, 0) is 4.79 Å². The Morgan fingerprint density at radius 2 is 1.83 bits per heavy atom. The van der Waals surface area contributed by atoms with E-state index >= 15 is 0 Å². The average Bonchev–Trinajstić information content (AvgIpc) is 2.52. The molecule has 0 bridgehead atoms. The highest BCUT2D eigenvalue weighted by Crippen LogP contribution is 2.34. The topological polar surface area (TPSA) is 40.5 Å². The van der Waals surface area contributed by atoms with E-state index in [0.717, 1.165) is 0 Å². The van der Waals surface area contributed by atoms with Crippen molar-refractivity contribution >= 4 is 11.5 Å². The predicted octanol–water partition coefficient (Wildman–Crippen LogP) is 3.25. The number of hydrogen-bond acceptors (Lipinski definition) is 2. The summed E-state index contributed by atoms with van der Waals surface area (Å²) in [4.78, 5) is 13.6. The molecule has 1 aromatic rings. The van der Waals surface area contributed by atoms with E-state index in [1.54, 1.807) is 13.0 Å². The lowest BCUT2D eigenvalue weighted by Gasteiger charge is -2.32. The van der Waals surface area contributed by atoms with Crippen molar-refractivity contribution in [1.29, 1.82) is 0 Å². The number of carbonyl (C=O) groups is 1. The number of carbonyl (C=O) groups excluding carboxylic acids is 1. The molecule has 1 unspecified atom stereocenters. The summed E-state index contributed by atoms with van der Waals surface area (Å²) in [5.41, 5.74) is -0.951. The number of benzene rings is 1. The first kappa shape index (κ1) is 17.5. The molecule has 0 saturated carbocycles. The molecule has 126 valence electrons. The Kier molecular flexibility index (Phi) is 5.46. The molecular formula is C17H20F3NO2. The Hall–Kier alpha value is -1.82. The fraction of sp³-hybridized carbons (Fsp3) is 0.471. The van der Waals surface area contributed by atoms with Crippen molar-refractivity contribution in [3.05, 3.63) is 42.0 Å². The number of aliphatic hydroxyl groups excluding tert-OH is 1. The van der Waals surface area contributed by atoms with E-state index in [1.165, 1.54) is 29.2 Å². The number of allylic oxidation sites excluding steroid dienone is 1. The maximum absolute atomic E-state index is 13.2. The number of halogens is 3. The van der Waals surface area contributed by atoms with Crippen molar-refractivity contribution < 1.29 is 23.1 Å². The number of rotatable bonds is 3. The molecule has 0 spiro atoms. The van der Waals surface area contributed by atoms with Crippen molar-refractivity contribution in [3.63, 3.8) is 0 Å². The Morgan fingerprint density at radius 1 is 1.26 bits per heavy atom. The van der Waals surface area contributed by atoms with Gasteiger partial charge in [-0.2, -0.15) is 13.2 Å². The van der Waals surface area contributed by atoms with Crippen LogP contribution >= 0.6 is 0 Å². The highest BCUT2D eigenvalue weighted by molar-refractivity contribution is 5.96. The molecule has 1 aliphatic rings. The van der Waals surface area contributed by atoms with Crippen LogP contribution in [-0.4, -0.2) is 41.3 Å². The van der Waals surface area contributed by atoms with Crippen molar-refractivity contribution in [2.24, 2.45) is 5.92 Å². The Labute approximate surface area is 133 Å². The lowest BCUT2D eigenvalue weighted by Crippen LogP contribution is -2.40. The molecule has 0 radical (unpaired) electrons. The van der Waals surface area contributed by atoms with E-state index in [9.17, 15) is 23.1 Å². The van der Waals surface area contributed by atoms with Crippen molar-refractivity contribution in [1.82, 2.24) is 4.90 Å². The molecule has 6 heteroatoms. The van der Waals surface area contributed by atoms with Crippen LogP contribution in [0.1, 0.15) is 25.3 Å². The van der Waals surface area contributed by atoms with Crippen LogP contribution < -0.4 is 0 Å². The zero-order valence-electron chi connectivity index (χ0n) is 12.9. The van der Waals surface area contributed by atoms with Gasteiger partial charge in [0.2, 0.25) is 5.91 Å². The van der Waals surface area contributed by atoms with Crippen LogP contribution in [0, 0.1) is 5.92 Å². The highest BCUT2D eigenvalue weighted by Gasteiger charge is 2.36. The molecule has 1 aliphatic heterocycles. The van der Waals surface area contributed by atoms with Crippen LogP contribution in [0.3, 0.4) is 0 Å². The van der Waals surface area contributed by atoms with E-state index in [2.05, 4.69) is 0 Å². The molecule has 1 N–H and O–H groups in total. The molecule has 1 amide bonds. The minimum Gasteiger partial charge on any atom is -0.393 e. The van der Waals surface area contributed by atoms with Gasteiger partial charge in [-0.25, -0.2) is 0 Å². The van der Waals surface area contributed by atoms with E-state index in [0.29, 0.717) is 32.0 Å². The summed E-state index contributed by atoms with van der Waals surface area (Å²) < 4.78 is 39.7. The predicted molar refractivity (Wildman–Crippen MR) is 81.5 cm³/mol. The van der Waals surface area contributed by atoms with E-state index in [4.69, 9.17) is 0 Å². The standard InChI is InChI=1S/C17H20F3NO2/c1-12(22)13-7-9-21(10-8-13)16(23)11-15(17(18,19)20)14-5-3-2-4-6-14/h2-6,11-13,22H,7-10H2,1H3. The van der Waals surface area contributed by atoms with Gasteiger partial charge in [0.15, 0.2) is 0 Å². The van der Waals surface area contributed by atoms with Gasteiger partial charge in [0, 0.05) is 19.2 Å². The summed E-state index contributed by atoms with van der Waals surface area (Å²) in [5, 5.41) is 9.54. The fourth-order valence-corrected chi connectivity index (χ4v) is 2.76. The third-order valence-corrected chi connectivity index (χ3v) is 4.19. The molecular weight excluding hydrogens is 307 g/mol. The molecule has 1 atom stereocenters. The minimum atomic E-state index is -4.59. The first-order valence-corrected chi connectivity index (χ1v) is 7.60. The Morgan fingerprint density at radius 3 is 2.30 bits per heavy atom. The third kappa shape index (κ3) is 4.58. The number of nitrogens with zero attached hydrogens (tertiary/aromatic N) is 1. The summed E-state index contributed by atoms with van der Waals surface area (Å²) in [7, 11) is 0. The van der Waals surface area contributed by atoms with E-state index in [1.807, 2.05) is 0 Å². The smallest absolute Gasteiger partial charge is 0.393 e. The zero-order chi connectivity index (χ0) is 17.0. The van der Waals surface area contributed by atoms with E-state index in [-0.39, 0.29) is 11.5 Å². The van der Waals surface area contributed by atoms with Gasteiger partial charge in [-0.1, -0.05) is 30.3 Å². The highest BCUT2D eigenvalue weighted by atomic mass is 19.4. The Bertz CT molecular complexity index is 559.